The predicted octanol–water partition coefficient (Wildman–Crippen LogP) is 5.08. The summed E-state index contributed by atoms with van der Waals surface area (Å²) in [5.41, 5.74) is 8.18. The average Bonchev–Trinajstić information content (AvgIpc) is 2.67. The van der Waals surface area contributed by atoms with E-state index >= 15 is 0 Å². The Hall–Kier alpha value is -2.70. The molecular formula is C21H15BrN2O2S. The summed E-state index contributed by atoms with van der Waals surface area (Å²) in [5, 5.41) is 0.744. The molecule has 0 spiro atoms. The zero-order valence-electron chi connectivity index (χ0n) is 14.1. The number of hydrogen-bond acceptors (Lipinski definition) is 4. The molecule has 6 heteroatoms. The number of para-hydroxylation sites is 1. The molecule has 0 aliphatic heterocycles. The number of hydrogen-bond donors (Lipinski definition) is 1. The van der Waals surface area contributed by atoms with Gasteiger partial charge < -0.3 is 5.73 Å². The second-order valence-corrected chi connectivity index (χ2v) is 8.84. The average molecular weight is 439 g/mol. The molecule has 0 aliphatic carbocycles. The van der Waals surface area contributed by atoms with E-state index in [1.165, 1.54) is 0 Å². The molecule has 134 valence electrons. The Kier molecular flexibility index (Phi) is 4.45. The van der Waals surface area contributed by atoms with E-state index in [2.05, 4.69) is 20.9 Å². The minimum absolute atomic E-state index is 0.00419. The SMILES string of the molecule is Nc1nc2ccccc2c(-c2ccccc2)c1S(=O)(=O)c1ccc(Br)cc1. The Balaban J connectivity index is 2.12. The molecule has 27 heavy (non-hydrogen) atoms. The topological polar surface area (TPSA) is 73.0 Å². The van der Waals surface area contributed by atoms with E-state index in [1.54, 1.807) is 24.3 Å². The van der Waals surface area contributed by atoms with E-state index in [0.717, 1.165) is 15.4 Å². The van der Waals surface area contributed by atoms with Crippen molar-refractivity contribution in [1.82, 2.24) is 4.98 Å². The largest absolute Gasteiger partial charge is 0.383 e. The van der Waals surface area contributed by atoms with Gasteiger partial charge in [-0.05, 0) is 35.9 Å². The molecule has 0 bridgehead atoms. The van der Waals surface area contributed by atoms with Gasteiger partial charge in [-0.3, -0.25) is 0 Å². The fourth-order valence-electron chi connectivity index (χ4n) is 3.11. The molecule has 1 aromatic heterocycles. The van der Waals surface area contributed by atoms with Gasteiger partial charge in [0.05, 0.1) is 10.4 Å². The molecule has 0 fully saturated rings. The van der Waals surface area contributed by atoms with E-state index < -0.39 is 9.84 Å². The Morgan fingerprint density at radius 2 is 1.44 bits per heavy atom. The molecule has 0 aliphatic rings. The van der Waals surface area contributed by atoms with E-state index in [4.69, 9.17) is 5.73 Å². The second kappa shape index (κ2) is 6.79. The molecular weight excluding hydrogens is 424 g/mol. The molecule has 1 heterocycles. The van der Waals surface area contributed by atoms with Crippen LogP contribution < -0.4 is 5.73 Å². The first-order valence-electron chi connectivity index (χ1n) is 8.23. The van der Waals surface area contributed by atoms with Crippen molar-refractivity contribution in [3.63, 3.8) is 0 Å². The van der Waals surface area contributed by atoms with Crippen LogP contribution in [-0.2, 0) is 9.84 Å². The van der Waals surface area contributed by atoms with Crippen molar-refractivity contribution in [1.29, 1.82) is 0 Å². The Morgan fingerprint density at radius 3 is 2.15 bits per heavy atom. The number of nitrogens with two attached hydrogens (primary N) is 1. The monoisotopic (exact) mass is 438 g/mol. The Morgan fingerprint density at radius 1 is 0.815 bits per heavy atom. The lowest BCUT2D eigenvalue weighted by atomic mass is 10.0. The van der Waals surface area contributed by atoms with Crippen LogP contribution in [0.5, 0.6) is 0 Å². The minimum Gasteiger partial charge on any atom is -0.383 e. The van der Waals surface area contributed by atoms with Gasteiger partial charge in [-0.1, -0.05) is 64.5 Å². The van der Waals surface area contributed by atoms with Gasteiger partial charge in [0.2, 0.25) is 9.84 Å². The van der Waals surface area contributed by atoms with Crippen molar-refractivity contribution in [2.24, 2.45) is 0 Å². The Labute approximate surface area is 165 Å². The van der Waals surface area contributed by atoms with Crippen molar-refractivity contribution in [2.45, 2.75) is 9.79 Å². The maximum absolute atomic E-state index is 13.5. The van der Waals surface area contributed by atoms with Crippen LogP contribution >= 0.6 is 15.9 Å². The van der Waals surface area contributed by atoms with Crippen LogP contribution in [0, 0.1) is 0 Å². The maximum atomic E-state index is 13.5. The van der Waals surface area contributed by atoms with Gasteiger partial charge in [-0.25, -0.2) is 13.4 Å². The van der Waals surface area contributed by atoms with Crippen LogP contribution in [-0.4, -0.2) is 13.4 Å². The summed E-state index contributed by atoms with van der Waals surface area (Å²) in [6.45, 7) is 0. The third-order valence-corrected chi connectivity index (χ3v) is 6.70. The van der Waals surface area contributed by atoms with Gasteiger partial charge in [-0.15, -0.1) is 0 Å². The number of halogens is 1. The van der Waals surface area contributed by atoms with Crippen LogP contribution in [0.15, 0.2) is 93.1 Å². The highest BCUT2D eigenvalue weighted by Crippen LogP contribution is 2.39. The molecule has 4 rings (SSSR count). The predicted molar refractivity (Wildman–Crippen MR) is 111 cm³/mol. The van der Waals surface area contributed by atoms with Crippen LogP contribution in [0.1, 0.15) is 0 Å². The van der Waals surface area contributed by atoms with Crippen molar-refractivity contribution < 1.29 is 8.42 Å². The molecule has 0 saturated carbocycles. The summed E-state index contributed by atoms with van der Waals surface area (Å²) in [4.78, 5) is 4.57. The highest BCUT2D eigenvalue weighted by Gasteiger charge is 2.27. The van der Waals surface area contributed by atoms with Gasteiger partial charge in [0.15, 0.2) is 0 Å². The number of aromatic nitrogens is 1. The number of nitrogens with zero attached hydrogens (tertiary/aromatic N) is 1. The maximum Gasteiger partial charge on any atom is 0.210 e. The summed E-state index contributed by atoms with van der Waals surface area (Å²) in [6.07, 6.45) is 0. The zero-order chi connectivity index (χ0) is 19.0. The third kappa shape index (κ3) is 3.11. The number of fused-ring (bicyclic) bond motifs is 1. The van der Waals surface area contributed by atoms with Crippen molar-refractivity contribution >= 4 is 42.5 Å². The quantitative estimate of drug-likeness (QED) is 0.483. The first-order chi connectivity index (χ1) is 13.0. The lowest BCUT2D eigenvalue weighted by molar-refractivity contribution is 0.596. The standard InChI is InChI=1S/C21H15BrN2O2S/c22-15-10-12-16(13-11-15)27(25,26)20-19(14-6-2-1-3-7-14)17-8-4-5-9-18(17)24-21(20)23/h1-13H,(H2,23,24). The number of nitrogen functional groups attached to an aromatic ring is 1. The first kappa shape index (κ1) is 17.7. The van der Waals surface area contributed by atoms with Gasteiger partial charge in [-0.2, -0.15) is 0 Å². The summed E-state index contributed by atoms with van der Waals surface area (Å²) in [6, 6.07) is 23.3. The van der Waals surface area contributed by atoms with Crippen LogP contribution in [0.2, 0.25) is 0 Å². The molecule has 4 nitrogen and oxygen atoms in total. The number of anilines is 1. The highest BCUT2D eigenvalue weighted by atomic mass is 79.9. The molecule has 0 amide bonds. The Bertz CT molecular complexity index is 1240. The highest BCUT2D eigenvalue weighted by molar-refractivity contribution is 9.10. The van der Waals surface area contributed by atoms with Gasteiger partial charge in [0.1, 0.15) is 10.7 Å². The van der Waals surface area contributed by atoms with Crippen LogP contribution in [0.25, 0.3) is 22.0 Å². The lowest BCUT2D eigenvalue weighted by Crippen LogP contribution is -2.10. The normalized spacial score (nSPS) is 11.6. The van der Waals surface area contributed by atoms with Crippen molar-refractivity contribution in [3.8, 4) is 11.1 Å². The summed E-state index contributed by atoms with van der Waals surface area (Å²) < 4.78 is 27.7. The fraction of sp³-hybridized carbons (Fsp3) is 0. The van der Waals surface area contributed by atoms with Crippen LogP contribution in [0.3, 0.4) is 0 Å². The molecule has 4 aromatic rings. The summed E-state index contributed by atoms with van der Waals surface area (Å²) in [5.74, 6) is -0.00419. The molecule has 2 N–H and O–H groups in total. The molecule has 0 saturated heterocycles. The van der Waals surface area contributed by atoms with Gasteiger partial charge in [0, 0.05) is 15.4 Å². The number of sulfone groups is 1. The second-order valence-electron chi connectivity index (χ2n) is 6.04. The summed E-state index contributed by atoms with van der Waals surface area (Å²) in [7, 11) is -3.87. The fourth-order valence-corrected chi connectivity index (χ4v) is 4.92. The lowest BCUT2D eigenvalue weighted by Gasteiger charge is -2.16. The molecule has 0 unspecified atom stereocenters. The third-order valence-electron chi connectivity index (χ3n) is 4.33. The van der Waals surface area contributed by atoms with Crippen molar-refractivity contribution in [2.75, 3.05) is 5.73 Å². The number of rotatable bonds is 3. The first-order valence-corrected chi connectivity index (χ1v) is 10.5. The van der Waals surface area contributed by atoms with E-state index in [-0.39, 0.29) is 15.6 Å². The van der Waals surface area contributed by atoms with Gasteiger partial charge >= 0.3 is 0 Å². The molecule has 3 aromatic carbocycles. The van der Waals surface area contributed by atoms with Crippen molar-refractivity contribution in [3.05, 3.63) is 83.3 Å². The van der Waals surface area contributed by atoms with E-state index in [1.807, 2.05) is 54.6 Å². The summed E-state index contributed by atoms with van der Waals surface area (Å²) >= 11 is 3.33. The van der Waals surface area contributed by atoms with E-state index in [9.17, 15) is 8.42 Å². The van der Waals surface area contributed by atoms with E-state index in [0.29, 0.717) is 11.1 Å². The minimum atomic E-state index is -3.87. The van der Waals surface area contributed by atoms with Crippen LogP contribution in [0.4, 0.5) is 5.82 Å². The number of pyridine rings is 1. The molecule has 0 atom stereocenters. The molecule has 0 radical (unpaired) electrons. The number of benzene rings is 3. The van der Waals surface area contributed by atoms with Gasteiger partial charge in [0.25, 0.3) is 0 Å². The zero-order valence-corrected chi connectivity index (χ0v) is 16.5. The smallest absolute Gasteiger partial charge is 0.210 e.